The monoisotopic (exact) mass is 575 g/mol. The molecule has 0 saturated heterocycles. The van der Waals surface area contributed by atoms with Gasteiger partial charge in [-0.15, -0.1) is 0 Å². The third-order valence-corrected chi connectivity index (χ3v) is 6.13. The number of anilines is 1. The number of hydrogen-bond donors (Lipinski definition) is 2. The number of urea groups is 1. The van der Waals surface area contributed by atoms with Crippen LogP contribution >= 0.6 is 15.9 Å². The van der Waals surface area contributed by atoms with Crippen LogP contribution in [-0.4, -0.2) is 11.0 Å². The lowest BCUT2D eigenvalue weighted by Crippen LogP contribution is -2.50. The molecule has 0 fully saturated rings. The van der Waals surface area contributed by atoms with E-state index in [2.05, 4.69) is 31.5 Å². The Bertz CT molecular complexity index is 1400. The van der Waals surface area contributed by atoms with Crippen molar-refractivity contribution in [3.05, 3.63) is 130 Å². The molecule has 190 valence electrons. The molecule has 37 heavy (non-hydrogen) atoms. The van der Waals surface area contributed by atoms with Crippen molar-refractivity contribution >= 4 is 27.6 Å². The number of benzene rings is 3. The predicted octanol–water partition coefficient (Wildman–Crippen LogP) is 7.45. The van der Waals surface area contributed by atoms with Gasteiger partial charge in [0.05, 0.1) is 11.3 Å². The summed E-state index contributed by atoms with van der Waals surface area (Å²) < 4.78 is 68.7. The first-order chi connectivity index (χ1) is 17.6. The lowest BCUT2D eigenvalue weighted by atomic mass is 9.80. The van der Waals surface area contributed by atoms with E-state index in [1.54, 1.807) is 42.5 Å². The van der Waals surface area contributed by atoms with Crippen LogP contribution in [0.5, 0.6) is 0 Å². The standard InChI is InChI=1S/C27H19BrF5N3O/c28-20-9-12-24(34-16-20)26(15-17-5-2-1-3-6-17,18-7-4-8-19(13-18)27(31,32)33)36-25(37)35-21-10-11-22(29)23(30)14-21/h1-14,16H,15H2,(H2,35,36,37). The molecule has 4 aromatic rings. The number of carbonyl (C=O) groups is 1. The maximum atomic E-state index is 13.7. The molecule has 4 rings (SSSR count). The molecule has 1 heterocycles. The SMILES string of the molecule is O=C(Nc1ccc(F)c(F)c1)NC(Cc1ccccc1)(c1cccc(C(F)(F)F)c1)c1ccc(Br)cn1. The van der Waals surface area contributed by atoms with Crippen molar-refractivity contribution in [1.29, 1.82) is 0 Å². The first-order valence-electron chi connectivity index (χ1n) is 10.9. The molecule has 3 aromatic carbocycles. The highest BCUT2D eigenvalue weighted by molar-refractivity contribution is 9.10. The van der Waals surface area contributed by atoms with Gasteiger partial charge in [-0.2, -0.15) is 13.2 Å². The third kappa shape index (κ3) is 6.14. The van der Waals surface area contributed by atoms with Crippen LogP contribution < -0.4 is 10.6 Å². The van der Waals surface area contributed by atoms with E-state index in [0.717, 1.165) is 24.3 Å². The van der Waals surface area contributed by atoms with Gasteiger partial charge < -0.3 is 10.6 Å². The molecule has 2 amide bonds. The number of alkyl halides is 3. The van der Waals surface area contributed by atoms with Crippen molar-refractivity contribution in [2.24, 2.45) is 0 Å². The normalized spacial score (nSPS) is 13.0. The second kappa shape index (κ2) is 10.7. The highest BCUT2D eigenvalue weighted by atomic mass is 79.9. The molecule has 0 bridgehead atoms. The number of hydrogen-bond acceptors (Lipinski definition) is 2. The lowest BCUT2D eigenvalue weighted by Gasteiger charge is -2.36. The first-order valence-corrected chi connectivity index (χ1v) is 11.7. The number of nitrogens with zero attached hydrogens (tertiary/aromatic N) is 1. The van der Waals surface area contributed by atoms with Crippen LogP contribution in [0.4, 0.5) is 32.4 Å². The summed E-state index contributed by atoms with van der Waals surface area (Å²) >= 11 is 3.30. The fourth-order valence-corrected chi connectivity index (χ4v) is 4.18. The topological polar surface area (TPSA) is 54.0 Å². The van der Waals surface area contributed by atoms with Gasteiger partial charge in [-0.1, -0.05) is 42.5 Å². The van der Waals surface area contributed by atoms with Crippen molar-refractivity contribution in [2.75, 3.05) is 5.32 Å². The van der Waals surface area contributed by atoms with Crippen LogP contribution in [0.3, 0.4) is 0 Å². The van der Waals surface area contributed by atoms with Crippen LogP contribution in [0.25, 0.3) is 0 Å². The van der Waals surface area contributed by atoms with Gasteiger partial charge in [-0.3, -0.25) is 4.98 Å². The number of rotatable bonds is 6. The van der Waals surface area contributed by atoms with E-state index in [0.29, 0.717) is 10.0 Å². The van der Waals surface area contributed by atoms with Gasteiger partial charge in [-0.05, 0) is 63.5 Å². The van der Waals surface area contributed by atoms with E-state index in [-0.39, 0.29) is 23.4 Å². The van der Waals surface area contributed by atoms with Gasteiger partial charge in [0.1, 0.15) is 5.54 Å². The van der Waals surface area contributed by atoms with Gasteiger partial charge in [0.25, 0.3) is 0 Å². The average Bonchev–Trinajstić information content (AvgIpc) is 2.86. The van der Waals surface area contributed by atoms with Crippen LogP contribution in [0, 0.1) is 11.6 Å². The summed E-state index contributed by atoms with van der Waals surface area (Å²) in [5, 5.41) is 5.21. The van der Waals surface area contributed by atoms with E-state index in [1.165, 1.54) is 24.4 Å². The Morgan fingerprint density at radius 3 is 2.22 bits per heavy atom. The van der Waals surface area contributed by atoms with E-state index >= 15 is 0 Å². The molecule has 1 aromatic heterocycles. The summed E-state index contributed by atoms with van der Waals surface area (Å²) in [6.45, 7) is 0. The first kappa shape index (κ1) is 26.3. The van der Waals surface area contributed by atoms with Crippen molar-refractivity contribution in [2.45, 2.75) is 18.1 Å². The molecule has 0 radical (unpaired) electrons. The maximum absolute atomic E-state index is 13.7. The highest BCUT2D eigenvalue weighted by Crippen LogP contribution is 2.37. The molecule has 1 unspecified atom stereocenters. The van der Waals surface area contributed by atoms with Crippen molar-refractivity contribution in [3.8, 4) is 0 Å². The van der Waals surface area contributed by atoms with E-state index in [4.69, 9.17) is 0 Å². The number of nitrogens with one attached hydrogen (secondary N) is 2. The Hall–Kier alpha value is -3.79. The lowest BCUT2D eigenvalue weighted by molar-refractivity contribution is -0.137. The van der Waals surface area contributed by atoms with Crippen LogP contribution in [0.2, 0.25) is 0 Å². The number of halogens is 6. The van der Waals surface area contributed by atoms with Crippen LogP contribution in [-0.2, 0) is 18.1 Å². The summed E-state index contributed by atoms with van der Waals surface area (Å²) in [5.41, 5.74) is -1.43. The zero-order valence-electron chi connectivity index (χ0n) is 19.0. The fourth-order valence-electron chi connectivity index (χ4n) is 3.94. The molecule has 0 spiro atoms. The van der Waals surface area contributed by atoms with E-state index in [9.17, 15) is 26.7 Å². The molecular formula is C27H19BrF5N3O. The molecule has 4 nitrogen and oxygen atoms in total. The largest absolute Gasteiger partial charge is 0.416 e. The minimum atomic E-state index is -4.63. The Morgan fingerprint density at radius 2 is 1.57 bits per heavy atom. The minimum Gasteiger partial charge on any atom is -0.322 e. The summed E-state index contributed by atoms with van der Waals surface area (Å²) in [6.07, 6.45) is -3.12. The van der Waals surface area contributed by atoms with Crippen molar-refractivity contribution in [1.82, 2.24) is 10.3 Å². The van der Waals surface area contributed by atoms with E-state index in [1.807, 2.05) is 0 Å². The van der Waals surface area contributed by atoms with Crippen molar-refractivity contribution < 1.29 is 26.7 Å². The zero-order chi connectivity index (χ0) is 26.6. The van der Waals surface area contributed by atoms with Gasteiger partial charge >= 0.3 is 12.2 Å². The fraction of sp³-hybridized carbons (Fsp3) is 0.111. The summed E-state index contributed by atoms with van der Waals surface area (Å²) in [5.74, 6) is -2.26. The number of pyridine rings is 1. The molecular weight excluding hydrogens is 557 g/mol. The van der Waals surface area contributed by atoms with E-state index < -0.39 is 34.9 Å². The molecule has 2 N–H and O–H groups in total. The number of carbonyl (C=O) groups excluding carboxylic acids is 1. The van der Waals surface area contributed by atoms with Crippen LogP contribution in [0.15, 0.2) is 95.6 Å². The zero-order valence-corrected chi connectivity index (χ0v) is 20.6. The number of aromatic nitrogens is 1. The number of amides is 2. The Kier molecular flexibility index (Phi) is 7.58. The summed E-state index contributed by atoms with van der Waals surface area (Å²) in [6, 6.07) is 18.7. The predicted molar refractivity (Wildman–Crippen MR) is 133 cm³/mol. The molecule has 0 saturated carbocycles. The smallest absolute Gasteiger partial charge is 0.322 e. The Labute approximate surface area is 217 Å². The maximum Gasteiger partial charge on any atom is 0.416 e. The molecule has 1 atom stereocenters. The molecule has 0 aliphatic heterocycles. The second-order valence-electron chi connectivity index (χ2n) is 8.22. The van der Waals surface area contributed by atoms with Gasteiger partial charge in [0.2, 0.25) is 0 Å². The van der Waals surface area contributed by atoms with Gasteiger partial charge in [0.15, 0.2) is 11.6 Å². The van der Waals surface area contributed by atoms with Crippen LogP contribution in [0.1, 0.15) is 22.4 Å². The quantitative estimate of drug-likeness (QED) is 0.235. The highest BCUT2D eigenvalue weighted by Gasteiger charge is 2.40. The summed E-state index contributed by atoms with van der Waals surface area (Å²) in [7, 11) is 0. The molecule has 10 heteroatoms. The van der Waals surface area contributed by atoms with Gasteiger partial charge in [0, 0.05) is 28.8 Å². The third-order valence-electron chi connectivity index (χ3n) is 5.66. The average molecular weight is 576 g/mol. The minimum absolute atomic E-state index is 0.0367. The second-order valence-corrected chi connectivity index (χ2v) is 9.13. The summed E-state index contributed by atoms with van der Waals surface area (Å²) in [4.78, 5) is 17.6. The Morgan fingerprint density at radius 1 is 0.838 bits per heavy atom. The molecule has 0 aliphatic carbocycles. The van der Waals surface area contributed by atoms with Crippen molar-refractivity contribution in [3.63, 3.8) is 0 Å². The Balaban J connectivity index is 1.86. The van der Waals surface area contributed by atoms with Gasteiger partial charge in [-0.25, -0.2) is 13.6 Å². The molecule has 0 aliphatic rings.